The van der Waals surface area contributed by atoms with E-state index in [-0.39, 0.29) is 24.1 Å². The summed E-state index contributed by atoms with van der Waals surface area (Å²) in [6, 6.07) is 7.65. The zero-order valence-electron chi connectivity index (χ0n) is 20.5. The standard InChI is InChI=1S/C25H30N6O5/c1-15(2)12-20(31-18-6-4-7-21(36-3)17(18)13-19(31)23(27)33)25(35)29-30(22(32)8-5-10-26)14-16-9-11-28-24(16)34/h4-8,13,15-16,20H,9,11-12,14H2,1-3H3,(H2,27,33)(H,28,34)(H,29,35)/b8-5-/t16-,20-/m0/s1. The Labute approximate surface area is 208 Å². The van der Waals surface area contributed by atoms with Crippen molar-refractivity contribution in [2.24, 2.45) is 17.6 Å². The molecule has 0 unspecified atom stereocenters. The second kappa shape index (κ2) is 11.4. The highest BCUT2D eigenvalue weighted by molar-refractivity contribution is 6.01. The highest BCUT2D eigenvalue weighted by Crippen LogP contribution is 2.33. The van der Waals surface area contributed by atoms with Gasteiger partial charge in [0.15, 0.2) is 0 Å². The van der Waals surface area contributed by atoms with Crippen molar-refractivity contribution < 1.29 is 23.9 Å². The number of nitriles is 1. The van der Waals surface area contributed by atoms with Gasteiger partial charge in [-0.1, -0.05) is 19.9 Å². The first-order valence-corrected chi connectivity index (χ1v) is 11.6. The largest absolute Gasteiger partial charge is 0.496 e. The Morgan fingerprint density at radius 2 is 2.14 bits per heavy atom. The molecule has 0 bridgehead atoms. The summed E-state index contributed by atoms with van der Waals surface area (Å²) in [5.74, 6) is -2.11. The van der Waals surface area contributed by atoms with Crippen molar-refractivity contribution in [3.63, 3.8) is 0 Å². The molecular weight excluding hydrogens is 464 g/mol. The van der Waals surface area contributed by atoms with Gasteiger partial charge in [0, 0.05) is 24.1 Å². The molecular formula is C25H30N6O5. The average Bonchev–Trinajstić information content (AvgIpc) is 3.43. The number of nitrogens with two attached hydrogens (primary N) is 1. The van der Waals surface area contributed by atoms with Crippen molar-refractivity contribution in [2.45, 2.75) is 32.7 Å². The summed E-state index contributed by atoms with van der Waals surface area (Å²) in [4.78, 5) is 51.0. The number of hydrogen-bond donors (Lipinski definition) is 3. The molecule has 2 atom stereocenters. The highest BCUT2D eigenvalue weighted by Gasteiger charge is 2.32. The molecule has 36 heavy (non-hydrogen) atoms. The molecule has 1 aromatic heterocycles. The first-order valence-electron chi connectivity index (χ1n) is 11.6. The van der Waals surface area contributed by atoms with E-state index in [4.69, 9.17) is 15.7 Å². The summed E-state index contributed by atoms with van der Waals surface area (Å²) in [5.41, 5.74) is 9.00. The van der Waals surface area contributed by atoms with Crippen LogP contribution in [0.3, 0.4) is 0 Å². The third kappa shape index (κ3) is 5.66. The number of nitrogens with zero attached hydrogens (tertiary/aromatic N) is 3. The van der Waals surface area contributed by atoms with Crippen LogP contribution in [0.15, 0.2) is 36.4 Å². The Kier molecular flexibility index (Phi) is 8.32. The van der Waals surface area contributed by atoms with Crippen molar-refractivity contribution in [1.82, 2.24) is 20.3 Å². The van der Waals surface area contributed by atoms with Gasteiger partial charge >= 0.3 is 0 Å². The first-order chi connectivity index (χ1) is 17.2. The summed E-state index contributed by atoms with van der Waals surface area (Å²) >= 11 is 0. The lowest BCUT2D eigenvalue weighted by Gasteiger charge is -2.29. The Morgan fingerprint density at radius 3 is 2.72 bits per heavy atom. The third-order valence-corrected chi connectivity index (χ3v) is 6.00. The lowest BCUT2D eigenvalue weighted by Crippen LogP contribution is -2.51. The van der Waals surface area contributed by atoms with Crippen LogP contribution in [0.2, 0.25) is 0 Å². The summed E-state index contributed by atoms with van der Waals surface area (Å²) in [6.45, 7) is 4.27. The van der Waals surface area contributed by atoms with Crippen molar-refractivity contribution in [3.05, 3.63) is 42.1 Å². The number of nitrogens with one attached hydrogen (secondary N) is 2. The molecule has 0 saturated carbocycles. The Hall–Kier alpha value is -4.33. The lowest BCUT2D eigenvalue weighted by molar-refractivity contribution is -0.141. The number of allylic oxidation sites excluding steroid dienone is 1. The molecule has 2 heterocycles. The number of hydrazine groups is 1. The van der Waals surface area contributed by atoms with Gasteiger partial charge in [0.25, 0.3) is 17.7 Å². The van der Waals surface area contributed by atoms with E-state index < -0.39 is 29.7 Å². The Morgan fingerprint density at radius 1 is 1.39 bits per heavy atom. The second-order valence-corrected chi connectivity index (χ2v) is 8.97. The van der Waals surface area contributed by atoms with E-state index in [9.17, 15) is 19.2 Å². The number of carbonyl (C=O) groups is 4. The SMILES string of the molecule is COc1cccc2c1cc(C(N)=O)n2[C@@H](CC(C)C)C(=O)NN(C[C@@H]1CCNC1=O)C(=O)/C=C\C#N. The molecule has 1 aliphatic heterocycles. The highest BCUT2D eigenvalue weighted by atomic mass is 16.5. The van der Waals surface area contributed by atoms with Crippen LogP contribution in [-0.4, -0.2) is 53.4 Å². The maximum atomic E-state index is 13.7. The molecule has 0 radical (unpaired) electrons. The number of benzene rings is 1. The topological polar surface area (TPSA) is 160 Å². The predicted molar refractivity (Wildman–Crippen MR) is 131 cm³/mol. The number of aromatic nitrogens is 1. The van der Waals surface area contributed by atoms with Gasteiger partial charge in [-0.3, -0.25) is 24.6 Å². The van der Waals surface area contributed by atoms with Crippen molar-refractivity contribution >= 4 is 34.5 Å². The van der Waals surface area contributed by atoms with E-state index in [2.05, 4.69) is 10.7 Å². The van der Waals surface area contributed by atoms with Gasteiger partial charge in [0.1, 0.15) is 17.5 Å². The number of fused-ring (bicyclic) bond motifs is 1. The fraction of sp³-hybridized carbons (Fsp3) is 0.400. The zero-order valence-corrected chi connectivity index (χ0v) is 20.5. The first kappa shape index (κ1) is 26.3. The van der Waals surface area contributed by atoms with E-state index in [1.54, 1.807) is 34.9 Å². The van der Waals surface area contributed by atoms with E-state index >= 15 is 0 Å². The van der Waals surface area contributed by atoms with Gasteiger partial charge in [-0.25, -0.2) is 5.01 Å². The minimum absolute atomic E-state index is 0.0350. The van der Waals surface area contributed by atoms with E-state index in [0.717, 1.165) is 17.2 Å². The fourth-order valence-electron chi connectivity index (χ4n) is 4.34. The normalized spacial score (nSPS) is 16.1. The van der Waals surface area contributed by atoms with Crippen molar-refractivity contribution in [1.29, 1.82) is 5.26 Å². The number of rotatable bonds is 9. The molecule has 190 valence electrons. The molecule has 3 rings (SSSR count). The van der Waals surface area contributed by atoms with Crippen LogP contribution in [0.25, 0.3) is 10.9 Å². The number of ether oxygens (including phenoxy) is 1. The molecule has 4 N–H and O–H groups in total. The molecule has 4 amide bonds. The van der Waals surface area contributed by atoms with Gasteiger partial charge < -0.3 is 20.4 Å². The van der Waals surface area contributed by atoms with Gasteiger partial charge in [0.05, 0.1) is 31.2 Å². The van der Waals surface area contributed by atoms with Gasteiger partial charge in [-0.15, -0.1) is 0 Å². The third-order valence-electron chi connectivity index (χ3n) is 6.00. The van der Waals surface area contributed by atoms with Crippen LogP contribution in [0.1, 0.15) is 43.2 Å². The molecule has 11 nitrogen and oxygen atoms in total. The summed E-state index contributed by atoms with van der Waals surface area (Å²) in [6.07, 6.45) is 2.85. The van der Waals surface area contributed by atoms with E-state index in [1.165, 1.54) is 7.11 Å². The monoisotopic (exact) mass is 494 g/mol. The predicted octanol–water partition coefficient (Wildman–Crippen LogP) is 1.41. The molecule has 11 heteroatoms. The number of hydrogen-bond acceptors (Lipinski definition) is 6. The number of methoxy groups -OCH3 is 1. The van der Waals surface area contributed by atoms with Crippen molar-refractivity contribution in [3.8, 4) is 11.8 Å². The van der Waals surface area contributed by atoms with Gasteiger partial charge in [-0.05, 0) is 37.0 Å². The minimum atomic E-state index is -0.912. The lowest BCUT2D eigenvalue weighted by atomic mass is 10.0. The Balaban J connectivity index is 2.04. The van der Waals surface area contributed by atoms with Crippen LogP contribution >= 0.6 is 0 Å². The van der Waals surface area contributed by atoms with Crippen LogP contribution in [0, 0.1) is 23.2 Å². The van der Waals surface area contributed by atoms with Crippen LogP contribution in [0.4, 0.5) is 0 Å². The zero-order chi connectivity index (χ0) is 26.4. The second-order valence-electron chi connectivity index (χ2n) is 8.97. The van der Waals surface area contributed by atoms with Crippen LogP contribution in [0.5, 0.6) is 5.75 Å². The number of amides is 4. The van der Waals surface area contributed by atoms with Crippen LogP contribution in [-0.2, 0) is 14.4 Å². The van der Waals surface area contributed by atoms with Gasteiger partial charge in [-0.2, -0.15) is 5.26 Å². The quantitative estimate of drug-likeness (QED) is 0.271. The summed E-state index contributed by atoms with van der Waals surface area (Å²) in [7, 11) is 1.51. The molecule has 1 aliphatic rings. The molecule has 1 aromatic carbocycles. The molecule has 0 spiro atoms. The fourth-order valence-corrected chi connectivity index (χ4v) is 4.34. The minimum Gasteiger partial charge on any atom is -0.496 e. The smallest absolute Gasteiger partial charge is 0.265 e. The maximum Gasteiger partial charge on any atom is 0.265 e. The molecule has 1 saturated heterocycles. The summed E-state index contributed by atoms with van der Waals surface area (Å²) in [5, 5.41) is 13.2. The number of primary amides is 1. The maximum absolute atomic E-state index is 13.7. The van der Waals surface area contributed by atoms with E-state index in [1.807, 2.05) is 13.8 Å². The number of carbonyl (C=O) groups excluding carboxylic acids is 4. The Bertz CT molecular complexity index is 1240. The average molecular weight is 495 g/mol. The molecule has 2 aromatic rings. The molecule has 1 fully saturated rings. The summed E-state index contributed by atoms with van der Waals surface area (Å²) < 4.78 is 6.99. The van der Waals surface area contributed by atoms with Gasteiger partial charge in [0.2, 0.25) is 5.91 Å². The van der Waals surface area contributed by atoms with E-state index in [0.29, 0.717) is 36.0 Å². The molecule has 0 aliphatic carbocycles. The van der Waals surface area contributed by atoms with Crippen molar-refractivity contribution in [2.75, 3.05) is 20.2 Å². The van der Waals surface area contributed by atoms with Crippen LogP contribution < -0.4 is 21.2 Å².